The van der Waals surface area contributed by atoms with Gasteiger partial charge < -0.3 is 10.6 Å². The van der Waals surface area contributed by atoms with E-state index in [1.54, 1.807) is 0 Å². The Morgan fingerprint density at radius 3 is 2.74 bits per heavy atom. The average molecular weight is 260 g/mol. The van der Waals surface area contributed by atoms with Crippen LogP contribution in [0.1, 0.15) is 48.2 Å². The first-order valence-corrected chi connectivity index (χ1v) is 7.34. The minimum Gasteiger partial charge on any atom is -0.350 e. The summed E-state index contributed by atoms with van der Waals surface area (Å²) in [6.07, 6.45) is 4.80. The molecule has 0 aromatic heterocycles. The van der Waals surface area contributed by atoms with Crippen molar-refractivity contribution in [3.05, 3.63) is 34.9 Å². The maximum atomic E-state index is 12.1. The van der Waals surface area contributed by atoms with Crippen LogP contribution in [0, 0.1) is 0 Å². The van der Waals surface area contributed by atoms with Crippen LogP contribution in [0.25, 0.3) is 0 Å². The third kappa shape index (κ3) is 3.80. The molecule has 1 aliphatic carbocycles. The molecule has 1 amide bonds. The van der Waals surface area contributed by atoms with Crippen molar-refractivity contribution in [1.29, 1.82) is 0 Å². The molecular formula is C16H24N2O. The summed E-state index contributed by atoms with van der Waals surface area (Å²) in [6.45, 7) is 5.75. The van der Waals surface area contributed by atoms with E-state index >= 15 is 0 Å². The summed E-state index contributed by atoms with van der Waals surface area (Å²) in [5.41, 5.74) is 3.58. The summed E-state index contributed by atoms with van der Waals surface area (Å²) in [5.74, 6) is 0.0399. The van der Waals surface area contributed by atoms with Gasteiger partial charge in [0, 0.05) is 18.2 Å². The van der Waals surface area contributed by atoms with E-state index in [-0.39, 0.29) is 5.91 Å². The Bertz CT molecular complexity index is 442. The van der Waals surface area contributed by atoms with Gasteiger partial charge in [0.1, 0.15) is 0 Å². The molecule has 1 atom stereocenters. The van der Waals surface area contributed by atoms with E-state index in [9.17, 15) is 4.79 Å². The van der Waals surface area contributed by atoms with E-state index in [2.05, 4.69) is 36.6 Å². The maximum absolute atomic E-state index is 12.1. The molecule has 0 unspecified atom stereocenters. The molecule has 2 rings (SSSR count). The number of rotatable bonds is 5. The standard InChI is InChI=1S/C16H24N2O/c1-3-17-12(2)11-18-16(19)15-9-8-13-6-4-5-7-14(13)10-15/h8-10,12,17H,3-7,11H2,1-2H3,(H,18,19)/t12-/m1/s1. The molecule has 1 aliphatic rings. The Labute approximate surface area is 115 Å². The number of aryl methyl sites for hydroxylation is 2. The highest BCUT2D eigenvalue weighted by molar-refractivity contribution is 5.94. The molecule has 0 aliphatic heterocycles. The van der Waals surface area contributed by atoms with E-state index < -0.39 is 0 Å². The summed E-state index contributed by atoms with van der Waals surface area (Å²) in [7, 11) is 0. The predicted molar refractivity (Wildman–Crippen MR) is 78.6 cm³/mol. The zero-order chi connectivity index (χ0) is 13.7. The van der Waals surface area contributed by atoms with Crippen LogP contribution in [0.15, 0.2) is 18.2 Å². The molecule has 0 heterocycles. The lowest BCUT2D eigenvalue weighted by Crippen LogP contribution is -2.38. The number of likely N-dealkylation sites (N-methyl/N-ethyl adjacent to an activating group) is 1. The highest BCUT2D eigenvalue weighted by Crippen LogP contribution is 2.22. The number of carbonyl (C=O) groups excluding carboxylic acids is 1. The van der Waals surface area contributed by atoms with Crippen molar-refractivity contribution in [3.63, 3.8) is 0 Å². The van der Waals surface area contributed by atoms with Crippen molar-refractivity contribution >= 4 is 5.91 Å². The smallest absolute Gasteiger partial charge is 0.251 e. The van der Waals surface area contributed by atoms with Crippen LogP contribution in [0.4, 0.5) is 0 Å². The normalized spacial score (nSPS) is 15.7. The van der Waals surface area contributed by atoms with Gasteiger partial charge in [-0.05, 0) is 62.4 Å². The second-order valence-corrected chi connectivity index (χ2v) is 5.36. The Hall–Kier alpha value is -1.35. The van der Waals surface area contributed by atoms with Crippen molar-refractivity contribution in [2.24, 2.45) is 0 Å². The highest BCUT2D eigenvalue weighted by Gasteiger charge is 2.13. The Morgan fingerprint density at radius 1 is 1.26 bits per heavy atom. The summed E-state index contributed by atoms with van der Waals surface area (Å²) >= 11 is 0. The predicted octanol–water partition coefficient (Wildman–Crippen LogP) is 2.29. The molecule has 0 fully saturated rings. The van der Waals surface area contributed by atoms with Crippen molar-refractivity contribution in [2.75, 3.05) is 13.1 Å². The van der Waals surface area contributed by atoms with Crippen LogP contribution in [-0.4, -0.2) is 25.0 Å². The molecule has 0 spiro atoms. The largest absolute Gasteiger partial charge is 0.350 e. The molecule has 0 bridgehead atoms. The van der Waals surface area contributed by atoms with Gasteiger partial charge in [-0.1, -0.05) is 13.0 Å². The highest BCUT2D eigenvalue weighted by atomic mass is 16.1. The van der Waals surface area contributed by atoms with Crippen molar-refractivity contribution in [3.8, 4) is 0 Å². The lowest BCUT2D eigenvalue weighted by atomic mass is 9.90. The van der Waals surface area contributed by atoms with Gasteiger partial charge >= 0.3 is 0 Å². The first-order valence-electron chi connectivity index (χ1n) is 7.34. The molecular weight excluding hydrogens is 236 g/mol. The van der Waals surface area contributed by atoms with Crippen LogP contribution in [0.2, 0.25) is 0 Å². The fourth-order valence-corrected chi connectivity index (χ4v) is 2.64. The van der Waals surface area contributed by atoms with Crippen molar-refractivity contribution in [1.82, 2.24) is 10.6 Å². The Kier molecular flexibility index (Phi) is 4.97. The van der Waals surface area contributed by atoms with E-state index in [4.69, 9.17) is 0 Å². The zero-order valence-corrected chi connectivity index (χ0v) is 12.0. The third-order valence-corrected chi connectivity index (χ3v) is 3.73. The zero-order valence-electron chi connectivity index (χ0n) is 12.0. The second-order valence-electron chi connectivity index (χ2n) is 5.36. The maximum Gasteiger partial charge on any atom is 0.251 e. The van der Waals surface area contributed by atoms with E-state index in [0.717, 1.165) is 24.9 Å². The van der Waals surface area contributed by atoms with Crippen molar-refractivity contribution in [2.45, 2.75) is 45.6 Å². The van der Waals surface area contributed by atoms with Gasteiger partial charge in [-0.3, -0.25) is 4.79 Å². The van der Waals surface area contributed by atoms with Gasteiger partial charge in [0.25, 0.3) is 5.91 Å². The number of benzene rings is 1. The number of nitrogens with one attached hydrogen (secondary N) is 2. The van der Waals surface area contributed by atoms with Crippen LogP contribution < -0.4 is 10.6 Å². The fraction of sp³-hybridized carbons (Fsp3) is 0.562. The molecule has 3 nitrogen and oxygen atoms in total. The van der Waals surface area contributed by atoms with Gasteiger partial charge in [-0.25, -0.2) is 0 Å². The molecule has 1 aromatic carbocycles. The van der Waals surface area contributed by atoms with Crippen molar-refractivity contribution < 1.29 is 4.79 Å². The van der Waals surface area contributed by atoms with Crippen LogP contribution in [0.3, 0.4) is 0 Å². The third-order valence-electron chi connectivity index (χ3n) is 3.73. The van der Waals surface area contributed by atoms with Gasteiger partial charge in [-0.2, -0.15) is 0 Å². The summed E-state index contributed by atoms with van der Waals surface area (Å²) < 4.78 is 0. The molecule has 0 saturated heterocycles. The minimum absolute atomic E-state index is 0.0399. The number of hydrogen-bond acceptors (Lipinski definition) is 2. The second kappa shape index (κ2) is 6.71. The lowest BCUT2D eigenvalue weighted by molar-refractivity contribution is 0.0950. The number of amides is 1. The van der Waals surface area contributed by atoms with E-state index in [1.807, 2.05) is 6.07 Å². The molecule has 104 valence electrons. The lowest BCUT2D eigenvalue weighted by Gasteiger charge is -2.17. The van der Waals surface area contributed by atoms with Gasteiger partial charge in [0.05, 0.1) is 0 Å². The summed E-state index contributed by atoms with van der Waals surface area (Å²) in [6, 6.07) is 6.46. The fourth-order valence-electron chi connectivity index (χ4n) is 2.64. The van der Waals surface area contributed by atoms with Crippen LogP contribution in [-0.2, 0) is 12.8 Å². The monoisotopic (exact) mass is 260 g/mol. The van der Waals surface area contributed by atoms with Crippen LogP contribution >= 0.6 is 0 Å². The number of fused-ring (bicyclic) bond motifs is 1. The molecule has 3 heteroatoms. The molecule has 1 aromatic rings. The van der Waals surface area contributed by atoms with Gasteiger partial charge in [-0.15, -0.1) is 0 Å². The first kappa shape index (κ1) is 14.1. The average Bonchev–Trinajstić information content (AvgIpc) is 2.44. The summed E-state index contributed by atoms with van der Waals surface area (Å²) in [4.78, 5) is 12.1. The topological polar surface area (TPSA) is 41.1 Å². The quantitative estimate of drug-likeness (QED) is 0.853. The molecule has 2 N–H and O–H groups in total. The summed E-state index contributed by atoms with van der Waals surface area (Å²) in [5, 5.41) is 6.28. The molecule has 19 heavy (non-hydrogen) atoms. The Balaban J connectivity index is 1.95. The Morgan fingerprint density at radius 2 is 2.00 bits per heavy atom. The number of carbonyl (C=O) groups is 1. The SMILES string of the molecule is CCN[C@H](C)CNC(=O)c1ccc2c(c1)CCCC2. The number of hydrogen-bond donors (Lipinski definition) is 2. The molecule has 0 radical (unpaired) electrons. The first-order chi connectivity index (χ1) is 9.20. The van der Waals surface area contributed by atoms with Crippen LogP contribution in [0.5, 0.6) is 0 Å². The van der Waals surface area contributed by atoms with Gasteiger partial charge in [0.15, 0.2) is 0 Å². The van der Waals surface area contributed by atoms with E-state index in [1.165, 1.54) is 24.0 Å². The van der Waals surface area contributed by atoms with Gasteiger partial charge in [0.2, 0.25) is 0 Å². The minimum atomic E-state index is 0.0399. The van der Waals surface area contributed by atoms with E-state index in [0.29, 0.717) is 12.6 Å². The molecule has 0 saturated carbocycles.